The topological polar surface area (TPSA) is 24.1 Å². The SMILES string of the molecule is CCNNCC.[Na]. The fraction of sp³-hybridized carbons (Fsp3) is 1.00. The first-order chi connectivity index (χ1) is 2.91. The van der Waals surface area contributed by atoms with Crippen molar-refractivity contribution in [2.24, 2.45) is 0 Å². The Morgan fingerprint density at radius 2 is 1.29 bits per heavy atom. The van der Waals surface area contributed by atoms with E-state index in [9.17, 15) is 0 Å². The third kappa shape index (κ3) is 10.9. The fourth-order valence-corrected chi connectivity index (χ4v) is 0.250. The van der Waals surface area contributed by atoms with Crippen molar-refractivity contribution in [1.29, 1.82) is 0 Å². The molecule has 0 amide bonds. The van der Waals surface area contributed by atoms with Crippen molar-refractivity contribution < 1.29 is 0 Å². The van der Waals surface area contributed by atoms with Crippen LogP contribution in [0.25, 0.3) is 0 Å². The maximum atomic E-state index is 2.95. The summed E-state index contributed by atoms with van der Waals surface area (Å²) in [7, 11) is 0. The van der Waals surface area contributed by atoms with Gasteiger partial charge >= 0.3 is 0 Å². The largest absolute Gasteiger partial charge is 0.258 e. The Morgan fingerprint density at radius 3 is 1.43 bits per heavy atom. The van der Waals surface area contributed by atoms with Crippen LogP contribution in [0, 0.1) is 0 Å². The maximum Gasteiger partial charge on any atom is 0.00713 e. The molecule has 0 heterocycles. The van der Waals surface area contributed by atoms with E-state index in [0.29, 0.717) is 0 Å². The van der Waals surface area contributed by atoms with Gasteiger partial charge in [-0.25, -0.2) is 0 Å². The Kier molecular flexibility index (Phi) is 15.5. The van der Waals surface area contributed by atoms with E-state index >= 15 is 0 Å². The van der Waals surface area contributed by atoms with Crippen LogP contribution in [0.2, 0.25) is 0 Å². The summed E-state index contributed by atoms with van der Waals surface area (Å²) < 4.78 is 0. The quantitative estimate of drug-likeness (QED) is 0.298. The first-order valence-corrected chi connectivity index (χ1v) is 2.37. The van der Waals surface area contributed by atoms with E-state index in [1.165, 1.54) is 0 Å². The monoisotopic (exact) mass is 111 g/mol. The summed E-state index contributed by atoms with van der Waals surface area (Å²) in [6.45, 7) is 6.10. The van der Waals surface area contributed by atoms with Gasteiger partial charge in [-0.05, 0) is 0 Å². The molecular formula is C4H12N2Na. The summed E-state index contributed by atoms with van der Waals surface area (Å²) in [6.07, 6.45) is 0. The Bertz CT molecular complexity index is 21.7. The van der Waals surface area contributed by atoms with Gasteiger partial charge in [-0.2, -0.15) is 0 Å². The van der Waals surface area contributed by atoms with Crippen molar-refractivity contribution in [3.05, 3.63) is 0 Å². The minimum Gasteiger partial charge on any atom is -0.258 e. The maximum absolute atomic E-state index is 2.95. The zero-order valence-corrected chi connectivity index (χ0v) is 7.41. The van der Waals surface area contributed by atoms with Gasteiger partial charge in [-0.1, -0.05) is 13.8 Å². The third-order valence-corrected chi connectivity index (χ3v) is 0.479. The van der Waals surface area contributed by atoms with Gasteiger partial charge in [0.1, 0.15) is 0 Å². The molecule has 0 saturated heterocycles. The molecule has 2 N–H and O–H groups in total. The van der Waals surface area contributed by atoms with Crippen LogP contribution in [0.3, 0.4) is 0 Å². The molecule has 0 saturated carbocycles. The summed E-state index contributed by atoms with van der Waals surface area (Å²) in [5.41, 5.74) is 5.90. The van der Waals surface area contributed by atoms with Crippen LogP contribution >= 0.6 is 0 Å². The van der Waals surface area contributed by atoms with Gasteiger partial charge in [0, 0.05) is 42.6 Å². The van der Waals surface area contributed by atoms with E-state index in [2.05, 4.69) is 24.7 Å². The smallest absolute Gasteiger partial charge is 0.00713 e. The molecule has 0 atom stereocenters. The van der Waals surface area contributed by atoms with Crippen LogP contribution in [-0.4, -0.2) is 42.6 Å². The van der Waals surface area contributed by atoms with Crippen molar-refractivity contribution in [1.82, 2.24) is 10.9 Å². The molecule has 39 valence electrons. The zero-order valence-electron chi connectivity index (χ0n) is 5.41. The van der Waals surface area contributed by atoms with Gasteiger partial charge < -0.3 is 0 Å². The molecular weight excluding hydrogens is 99.0 g/mol. The first-order valence-electron chi connectivity index (χ1n) is 2.37. The zero-order chi connectivity index (χ0) is 4.83. The van der Waals surface area contributed by atoms with E-state index < -0.39 is 0 Å². The summed E-state index contributed by atoms with van der Waals surface area (Å²) in [5.74, 6) is 0. The van der Waals surface area contributed by atoms with E-state index in [1.807, 2.05) is 0 Å². The molecule has 1 radical (unpaired) electrons. The second-order valence-corrected chi connectivity index (χ2v) is 1.06. The van der Waals surface area contributed by atoms with Crippen LogP contribution in [0.1, 0.15) is 13.8 Å². The molecule has 0 rings (SSSR count). The van der Waals surface area contributed by atoms with Gasteiger partial charge in [0.2, 0.25) is 0 Å². The van der Waals surface area contributed by atoms with Crippen LogP contribution < -0.4 is 10.9 Å². The normalized spacial score (nSPS) is 7.71. The molecule has 2 nitrogen and oxygen atoms in total. The summed E-state index contributed by atoms with van der Waals surface area (Å²) in [4.78, 5) is 0. The van der Waals surface area contributed by atoms with Gasteiger partial charge in [0.25, 0.3) is 0 Å². The Hall–Kier alpha value is 0.920. The molecule has 0 bridgehead atoms. The average Bonchev–Trinajstić information content (AvgIpc) is 1.61. The molecule has 0 fully saturated rings. The molecule has 0 unspecified atom stereocenters. The Morgan fingerprint density at radius 1 is 1.00 bits per heavy atom. The molecule has 0 aliphatic rings. The number of rotatable bonds is 3. The Balaban J connectivity index is 0. The van der Waals surface area contributed by atoms with Crippen molar-refractivity contribution in [2.45, 2.75) is 13.8 Å². The average molecular weight is 111 g/mol. The van der Waals surface area contributed by atoms with Gasteiger partial charge in [0.05, 0.1) is 0 Å². The van der Waals surface area contributed by atoms with E-state index in [0.717, 1.165) is 13.1 Å². The van der Waals surface area contributed by atoms with Crippen LogP contribution in [0.5, 0.6) is 0 Å². The van der Waals surface area contributed by atoms with Crippen molar-refractivity contribution >= 4 is 29.6 Å². The molecule has 3 heteroatoms. The number of hydrazine groups is 1. The molecule has 7 heavy (non-hydrogen) atoms. The van der Waals surface area contributed by atoms with E-state index in [1.54, 1.807) is 0 Å². The van der Waals surface area contributed by atoms with Crippen LogP contribution in [0.15, 0.2) is 0 Å². The van der Waals surface area contributed by atoms with E-state index in [-0.39, 0.29) is 29.6 Å². The van der Waals surface area contributed by atoms with E-state index in [4.69, 9.17) is 0 Å². The van der Waals surface area contributed by atoms with Crippen LogP contribution in [-0.2, 0) is 0 Å². The van der Waals surface area contributed by atoms with Gasteiger partial charge in [0.15, 0.2) is 0 Å². The minimum atomic E-state index is 0. The summed E-state index contributed by atoms with van der Waals surface area (Å²) in [6, 6.07) is 0. The standard InChI is InChI=1S/C4H12N2.Na/c1-3-5-6-4-2;/h5-6H,3-4H2,1-2H3;. The van der Waals surface area contributed by atoms with Gasteiger partial charge in [-0.15, -0.1) is 0 Å². The molecule has 0 spiro atoms. The predicted molar refractivity (Wildman–Crippen MR) is 33.1 cm³/mol. The molecule has 0 aromatic heterocycles. The van der Waals surface area contributed by atoms with Crippen molar-refractivity contribution in [3.8, 4) is 0 Å². The fourth-order valence-electron chi connectivity index (χ4n) is 0.250. The van der Waals surface area contributed by atoms with Crippen molar-refractivity contribution in [2.75, 3.05) is 13.1 Å². The molecule has 0 aliphatic heterocycles. The summed E-state index contributed by atoms with van der Waals surface area (Å²) >= 11 is 0. The Labute approximate surface area is 67.3 Å². The molecule has 0 aromatic carbocycles. The molecule has 0 aromatic rings. The number of hydrogen-bond donors (Lipinski definition) is 2. The third-order valence-electron chi connectivity index (χ3n) is 0.479. The first kappa shape index (κ1) is 10.8. The predicted octanol–water partition coefficient (Wildman–Crippen LogP) is -0.260. The number of hydrogen-bond acceptors (Lipinski definition) is 2. The minimum absolute atomic E-state index is 0. The van der Waals surface area contributed by atoms with Crippen molar-refractivity contribution in [3.63, 3.8) is 0 Å². The van der Waals surface area contributed by atoms with Gasteiger partial charge in [-0.3, -0.25) is 10.9 Å². The number of nitrogens with one attached hydrogen (secondary N) is 2. The van der Waals surface area contributed by atoms with Crippen LogP contribution in [0.4, 0.5) is 0 Å². The summed E-state index contributed by atoms with van der Waals surface area (Å²) in [5, 5.41) is 0. The second-order valence-electron chi connectivity index (χ2n) is 1.06. The molecule has 0 aliphatic carbocycles. The second kappa shape index (κ2) is 10.0.